The molecule has 0 aliphatic carbocycles. The number of halogens is 2. The molecule has 0 saturated carbocycles. The summed E-state index contributed by atoms with van der Waals surface area (Å²) in [6.45, 7) is 0. The van der Waals surface area contributed by atoms with Crippen molar-refractivity contribution in [2.45, 2.75) is 0 Å². The molecule has 1 heterocycles. The quantitative estimate of drug-likeness (QED) is 0.544. The summed E-state index contributed by atoms with van der Waals surface area (Å²) in [6.07, 6.45) is 1.20. The maximum atomic E-state index is 12.2. The molecule has 1 amide bonds. The number of nitrogens with one attached hydrogen (secondary N) is 1. The van der Waals surface area contributed by atoms with Crippen molar-refractivity contribution in [3.05, 3.63) is 74.1 Å². The average Bonchev–Trinajstić information content (AvgIpc) is 2.64. The van der Waals surface area contributed by atoms with Gasteiger partial charge in [0.05, 0.1) is 11.4 Å². The van der Waals surface area contributed by atoms with Crippen molar-refractivity contribution in [3.8, 4) is 0 Å². The first-order valence-corrected chi connectivity index (χ1v) is 7.92. The third kappa shape index (κ3) is 2.74. The fraction of sp³-hybridized carbons (Fsp3) is 0. The molecule has 0 saturated heterocycles. The summed E-state index contributed by atoms with van der Waals surface area (Å²) in [4.78, 5) is 16.6. The van der Waals surface area contributed by atoms with Gasteiger partial charge >= 0.3 is 0 Å². The van der Waals surface area contributed by atoms with E-state index in [0.29, 0.717) is 16.4 Å². The van der Waals surface area contributed by atoms with E-state index in [-0.39, 0.29) is 11.6 Å². The third-order valence-corrected chi connectivity index (χ3v) is 4.24. The van der Waals surface area contributed by atoms with Crippen molar-refractivity contribution < 1.29 is 4.79 Å². The van der Waals surface area contributed by atoms with Crippen LogP contribution in [0.2, 0.25) is 5.02 Å². The molecule has 1 aliphatic rings. The van der Waals surface area contributed by atoms with Gasteiger partial charge in [-0.3, -0.25) is 4.79 Å². The molecule has 0 fully saturated rings. The molecule has 6 heteroatoms. The number of aliphatic imine (C=N–C) groups is 1. The fourth-order valence-corrected chi connectivity index (χ4v) is 2.93. The molecule has 0 unspecified atom stereocenters. The molecule has 0 aromatic heterocycles. The minimum absolute atomic E-state index is 0.154. The standard InChI is InChI=1S/C16H11ClIN3O/c17-12-4-2-1-3-10(12)15-11-7-9(18)5-6-13(11)21-16(22)14(8-19)20-15/h1-8H,19H2,(H,21,22). The number of rotatable bonds is 1. The van der Waals surface area contributed by atoms with Gasteiger partial charge in [-0.25, -0.2) is 4.99 Å². The highest BCUT2D eigenvalue weighted by molar-refractivity contribution is 14.1. The van der Waals surface area contributed by atoms with Crippen LogP contribution in [0.4, 0.5) is 5.69 Å². The Morgan fingerprint density at radius 2 is 1.95 bits per heavy atom. The zero-order valence-electron chi connectivity index (χ0n) is 11.3. The van der Waals surface area contributed by atoms with Crippen LogP contribution < -0.4 is 11.1 Å². The van der Waals surface area contributed by atoms with Gasteiger partial charge in [-0.1, -0.05) is 29.8 Å². The van der Waals surface area contributed by atoms with Crippen LogP contribution in [0, 0.1) is 3.57 Å². The molecule has 3 rings (SSSR count). The van der Waals surface area contributed by atoms with Gasteiger partial charge in [0.15, 0.2) is 0 Å². The molecular formula is C16H11ClIN3O. The lowest BCUT2D eigenvalue weighted by Crippen LogP contribution is -2.13. The maximum absolute atomic E-state index is 12.2. The van der Waals surface area contributed by atoms with Crippen LogP contribution in [0.1, 0.15) is 11.1 Å². The molecule has 3 N–H and O–H groups in total. The minimum Gasteiger partial charge on any atom is -0.403 e. The van der Waals surface area contributed by atoms with Crippen molar-refractivity contribution in [3.63, 3.8) is 0 Å². The summed E-state index contributed by atoms with van der Waals surface area (Å²) in [5.74, 6) is -0.341. The van der Waals surface area contributed by atoms with Crippen LogP contribution in [0.25, 0.3) is 0 Å². The SMILES string of the molecule is NC=C1N=C(c2ccccc2Cl)c2cc(I)ccc2NC1=O. The van der Waals surface area contributed by atoms with Crippen molar-refractivity contribution >= 4 is 51.5 Å². The van der Waals surface area contributed by atoms with E-state index < -0.39 is 0 Å². The summed E-state index contributed by atoms with van der Waals surface area (Å²) < 4.78 is 1.03. The number of hydrogen-bond acceptors (Lipinski definition) is 3. The monoisotopic (exact) mass is 423 g/mol. The Morgan fingerprint density at radius 3 is 2.68 bits per heavy atom. The molecule has 22 heavy (non-hydrogen) atoms. The van der Waals surface area contributed by atoms with E-state index >= 15 is 0 Å². The maximum Gasteiger partial charge on any atom is 0.275 e. The lowest BCUT2D eigenvalue weighted by molar-refractivity contribution is -0.112. The van der Waals surface area contributed by atoms with E-state index in [1.165, 1.54) is 6.20 Å². The van der Waals surface area contributed by atoms with Crippen molar-refractivity contribution in [2.24, 2.45) is 10.7 Å². The number of anilines is 1. The van der Waals surface area contributed by atoms with E-state index in [4.69, 9.17) is 17.3 Å². The molecule has 0 atom stereocenters. The van der Waals surface area contributed by atoms with Gasteiger partial charge in [-0.2, -0.15) is 0 Å². The summed E-state index contributed by atoms with van der Waals surface area (Å²) in [5.41, 5.74) is 8.56. The van der Waals surface area contributed by atoms with Gasteiger partial charge in [0.1, 0.15) is 5.70 Å². The number of nitrogens with zero attached hydrogens (tertiary/aromatic N) is 1. The number of amides is 1. The molecule has 2 aromatic carbocycles. The van der Waals surface area contributed by atoms with Crippen LogP contribution in [0.15, 0.2) is 59.4 Å². The Bertz CT molecular complexity index is 830. The van der Waals surface area contributed by atoms with Crippen molar-refractivity contribution in [2.75, 3.05) is 5.32 Å². The van der Waals surface area contributed by atoms with Crippen molar-refractivity contribution in [1.29, 1.82) is 0 Å². The molecule has 4 nitrogen and oxygen atoms in total. The van der Waals surface area contributed by atoms with Gasteiger partial charge < -0.3 is 11.1 Å². The number of carbonyl (C=O) groups excluding carboxylic acids is 1. The largest absolute Gasteiger partial charge is 0.403 e. The number of nitrogens with two attached hydrogens (primary N) is 1. The fourth-order valence-electron chi connectivity index (χ4n) is 2.21. The Morgan fingerprint density at radius 1 is 1.18 bits per heavy atom. The number of benzene rings is 2. The number of carbonyl (C=O) groups is 1. The first-order chi connectivity index (χ1) is 10.6. The van der Waals surface area contributed by atoms with E-state index in [9.17, 15) is 4.79 Å². The Labute approximate surface area is 146 Å². The first kappa shape index (κ1) is 15.1. The van der Waals surface area contributed by atoms with Crippen molar-refractivity contribution in [1.82, 2.24) is 0 Å². The predicted molar refractivity (Wildman–Crippen MR) is 97.2 cm³/mol. The zero-order valence-corrected chi connectivity index (χ0v) is 14.2. The summed E-state index contributed by atoms with van der Waals surface area (Å²) in [5, 5.41) is 3.39. The van der Waals surface area contributed by atoms with Gasteiger partial charge in [0.25, 0.3) is 5.91 Å². The van der Waals surface area contributed by atoms with Crippen LogP contribution in [0.5, 0.6) is 0 Å². The molecule has 0 spiro atoms. The van der Waals surface area contributed by atoms with Gasteiger partial charge in [-0.05, 0) is 46.9 Å². The Balaban J connectivity index is 2.31. The second-order valence-electron chi connectivity index (χ2n) is 4.64. The van der Waals surface area contributed by atoms with E-state index in [0.717, 1.165) is 14.7 Å². The van der Waals surface area contributed by atoms with Crippen LogP contribution in [0.3, 0.4) is 0 Å². The molecule has 0 radical (unpaired) electrons. The Kier molecular flexibility index (Phi) is 4.17. The molecule has 2 aromatic rings. The lowest BCUT2D eigenvalue weighted by Gasteiger charge is -2.11. The molecular weight excluding hydrogens is 413 g/mol. The van der Waals surface area contributed by atoms with Crippen LogP contribution in [-0.2, 0) is 4.79 Å². The summed E-state index contributed by atoms with van der Waals surface area (Å²) >= 11 is 8.52. The predicted octanol–water partition coefficient (Wildman–Crippen LogP) is 3.53. The number of hydrogen-bond donors (Lipinski definition) is 2. The summed E-state index contributed by atoms with van der Waals surface area (Å²) in [7, 11) is 0. The highest BCUT2D eigenvalue weighted by atomic mass is 127. The highest BCUT2D eigenvalue weighted by Gasteiger charge is 2.22. The third-order valence-electron chi connectivity index (χ3n) is 3.24. The van der Waals surface area contributed by atoms with Gasteiger partial charge in [-0.15, -0.1) is 0 Å². The Hall–Kier alpha value is -1.86. The zero-order chi connectivity index (χ0) is 15.7. The highest BCUT2D eigenvalue weighted by Crippen LogP contribution is 2.29. The second kappa shape index (κ2) is 6.10. The van der Waals surface area contributed by atoms with E-state index in [1.807, 2.05) is 36.4 Å². The number of benzodiazepines with no additional fused rings is 1. The topological polar surface area (TPSA) is 67.5 Å². The minimum atomic E-state index is -0.341. The second-order valence-corrected chi connectivity index (χ2v) is 6.29. The molecule has 0 bridgehead atoms. The van der Waals surface area contributed by atoms with E-state index in [1.54, 1.807) is 6.07 Å². The van der Waals surface area contributed by atoms with Crippen LogP contribution in [-0.4, -0.2) is 11.6 Å². The molecule has 110 valence electrons. The van der Waals surface area contributed by atoms with Gasteiger partial charge in [0, 0.05) is 25.9 Å². The molecule has 1 aliphatic heterocycles. The lowest BCUT2D eigenvalue weighted by atomic mass is 10.0. The number of fused-ring (bicyclic) bond motifs is 1. The summed E-state index contributed by atoms with van der Waals surface area (Å²) in [6, 6.07) is 13.1. The van der Waals surface area contributed by atoms with Gasteiger partial charge in [0.2, 0.25) is 0 Å². The van der Waals surface area contributed by atoms with Crippen LogP contribution >= 0.6 is 34.2 Å². The first-order valence-electron chi connectivity index (χ1n) is 6.47. The smallest absolute Gasteiger partial charge is 0.275 e. The average molecular weight is 424 g/mol. The van der Waals surface area contributed by atoms with E-state index in [2.05, 4.69) is 32.9 Å². The normalized spacial score (nSPS) is 15.8.